The van der Waals surface area contributed by atoms with Crippen molar-refractivity contribution in [1.82, 2.24) is 10.2 Å². The first kappa shape index (κ1) is 18.4. The Hall–Kier alpha value is -1.44. The van der Waals surface area contributed by atoms with E-state index >= 15 is 0 Å². The van der Waals surface area contributed by atoms with Crippen LogP contribution in [-0.2, 0) is 9.31 Å². The van der Waals surface area contributed by atoms with E-state index in [2.05, 4.69) is 5.32 Å². The number of hydrogen-bond donors (Lipinski definition) is 1. The van der Waals surface area contributed by atoms with E-state index in [-0.39, 0.29) is 11.9 Å². The van der Waals surface area contributed by atoms with Gasteiger partial charge in [0.2, 0.25) is 0 Å². The van der Waals surface area contributed by atoms with Crippen molar-refractivity contribution >= 4 is 18.5 Å². The Labute approximate surface area is 149 Å². The van der Waals surface area contributed by atoms with Crippen LogP contribution in [0.2, 0.25) is 0 Å². The molecule has 0 bridgehead atoms. The van der Waals surface area contributed by atoms with Crippen LogP contribution in [0.1, 0.15) is 45.0 Å². The van der Waals surface area contributed by atoms with Crippen molar-refractivity contribution in [3.63, 3.8) is 0 Å². The number of nitrogens with one attached hydrogen (secondary N) is 1. The van der Waals surface area contributed by atoms with Gasteiger partial charge in [0, 0.05) is 31.2 Å². The molecule has 136 valence electrons. The molecule has 1 aromatic carbocycles. The fourth-order valence-corrected chi connectivity index (χ4v) is 3.15. The zero-order valence-corrected chi connectivity index (χ0v) is 15.6. The van der Waals surface area contributed by atoms with E-state index in [1.807, 2.05) is 34.6 Å². The molecular formula is C18H26BFN2O3. The number of benzene rings is 1. The van der Waals surface area contributed by atoms with Crippen molar-refractivity contribution in [1.29, 1.82) is 0 Å². The lowest BCUT2D eigenvalue weighted by Crippen LogP contribution is -2.51. The van der Waals surface area contributed by atoms with Crippen molar-refractivity contribution < 1.29 is 18.5 Å². The highest BCUT2D eigenvalue weighted by Crippen LogP contribution is 2.36. The third-order valence-electron chi connectivity index (χ3n) is 5.35. The molecule has 1 N–H and O–H groups in total. The normalized spacial score (nSPS) is 25.3. The van der Waals surface area contributed by atoms with Crippen molar-refractivity contribution in [2.75, 3.05) is 19.6 Å². The van der Waals surface area contributed by atoms with Crippen LogP contribution in [0.25, 0.3) is 0 Å². The minimum Gasteiger partial charge on any atom is -0.399 e. The Morgan fingerprint density at radius 1 is 1.24 bits per heavy atom. The Balaban J connectivity index is 1.85. The predicted molar refractivity (Wildman–Crippen MR) is 95.5 cm³/mol. The first-order valence-electron chi connectivity index (χ1n) is 8.78. The van der Waals surface area contributed by atoms with Crippen LogP contribution >= 0.6 is 0 Å². The van der Waals surface area contributed by atoms with Crippen LogP contribution in [0.5, 0.6) is 0 Å². The van der Waals surface area contributed by atoms with Gasteiger partial charge < -0.3 is 19.5 Å². The first-order valence-corrected chi connectivity index (χ1v) is 8.78. The fraction of sp³-hybridized carbons (Fsp3) is 0.611. The highest BCUT2D eigenvalue weighted by atomic mass is 19.1. The van der Waals surface area contributed by atoms with Crippen molar-refractivity contribution in [2.24, 2.45) is 0 Å². The number of carbonyl (C=O) groups is 1. The van der Waals surface area contributed by atoms with E-state index in [4.69, 9.17) is 9.31 Å². The maximum atomic E-state index is 14.2. The van der Waals surface area contributed by atoms with E-state index in [0.717, 1.165) is 6.54 Å². The summed E-state index contributed by atoms with van der Waals surface area (Å²) in [6, 6.07) is 4.57. The number of nitrogens with zero attached hydrogens (tertiary/aromatic N) is 1. The molecule has 0 aliphatic carbocycles. The molecule has 0 spiro atoms. The van der Waals surface area contributed by atoms with Crippen LogP contribution in [0.3, 0.4) is 0 Å². The van der Waals surface area contributed by atoms with Gasteiger partial charge in [-0.05, 0) is 58.3 Å². The molecule has 1 unspecified atom stereocenters. The number of piperazine rings is 1. The molecule has 1 atom stereocenters. The lowest BCUT2D eigenvalue weighted by atomic mass is 9.78. The third kappa shape index (κ3) is 3.59. The molecule has 25 heavy (non-hydrogen) atoms. The number of halogens is 1. The first-order chi connectivity index (χ1) is 11.6. The van der Waals surface area contributed by atoms with Crippen LogP contribution in [0.4, 0.5) is 4.39 Å². The van der Waals surface area contributed by atoms with E-state index < -0.39 is 24.1 Å². The van der Waals surface area contributed by atoms with Gasteiger partial charge in [0.1, 0.15) is 5.82 Å². The van der Waals surface area contributed by atoms with E-state index in [9.17, 15) is 9.18 Å². The molecule has 5 nitrogen and oxygen atoms in total. The lowest BCUT2D eigenvalue weighted by Gasteiger charge is -2.32. The van der Waals surface area contributed by atoms with Gasteiger partial charge >= 0.3 is 7.12 Å². The molecule has 2 aliphatic heterocycles. The molecular weight excluding hydrogens is 322 g/mol. The molecule has 2 aliphatic rings. The average Bonchev–Trinajstić information content (AvgIpc) is 2.74. The van der Waals surface area contributed by atoms with Gasteiger partial charge in [-0.1, -0.05) is 0 Å². The molecule has 2 saturated heterocycles. The number of rotatable bonds is 2. The molecule has 0 aromatic heterocycles. The van der Waals surface area contributed by atoms with Gasteiger partial charge in [-0.25, -0.2) is 4.39 Å². The molecule has 0 radical (unpaired) electrons. The second-order valence-corrected chi connectivity index (χ2v) is 7.97. The highest BCUT2D eigenvalue weighted by molar-refractivity contribution is 6.62. The summed E-state index contributed by atoms with van der Waals surface area (Å²) in [5, 5.41) is 3.30. The largest absolute Gasteiger partial charge is 0.494 e. The Morgan fingerprint density at radius 2 is 1.88 bits per heavy atom. The minimum atomic E-state index is -0.686. The molecule has 1 amide bonds. The minimum absolute atomic E-state index is 0.161. The second kappa shape index (κ2) is 6.38. The van der Waals surface area contributed by atoms with Gasteiger partial charge in [-0.15, -0.1) is 0 Å². The summed E-state index contributed by atoms with van der Waals surface area (Å²) >= 11 is 0. The predicted octanol–water partition coefficient (Wildman–Crippen LogP) is 1.56. The summed E-state index contributed by atoms with van der Waals surface area (Å²) in [7, 11) is -0.686. The summed E-state index contributed by atoms with van der Waals surface area (Å²) in [6.45, 7) is 11.8. The topological polar surface area (TPSA) is 50.8 Å². The van der Waals surface area contributed by atoms with Gasteiger partial charge in [0.15, 0.2) is 0 Å². The SMILES string of the molecule is CC1CN(C(=O)c2cc(F)cc(B3OC(C)(C)C(C)(C)O3)c2)CCN1. The number of hydrogen-bond acceptors (Lipinski definition) is 4. The lowest BCUT2D eigenvalue weighted by molar-refractivity contribution is 0.00578. The van der Waals surface area contributed by atoms with Crippen molar-refractivity contribution in [3.8, 4) is 0 Å². The average molecular weight is 348 g/mol. The molecule has 1 aromatic rings. The van der Waals surface area contributed by atoms with E-state index in [1.54, 1.807) is 11.0 Å². The number of amides is 1. The summed E-state index contributed by atoms with van der Waals surface area (Å²) < 4.78 is 26.1. The summed E-state index contributed by atoms with van der Waals surface area (Å²) in [5.74, 6) is -0.621. The third-order valence-corrected chi connectivity index (χ3v) is 5.35. The van der Waals surface area contributed by atoms with Gasteiger partial charge in [0.05, 0.1) is 11.2 Å². The quantitative estimate of drug-likeness (QED) is 0.825. The van der Waals surface area contributed by atoms with E-state index in [0.29, 0.717) is 24.1 Å². The standard InChI is InChI=1S/C18H26BFN2O3/c1-12-11-22(7-6-21-12)16(23)13-8-14(10-15(20)9-13)19-24-17(2,3)18(4,5)25-19/h8-10,12,21H,6-7,11H2,1-5H3. The Kier molecular flexibility index (Phi) is 4.68. The second-order valence-electron chi connectivity index (χ2n) is 7.97. The maximum Gasteiger partial charge on any atom is 0.494 e. The maximum absolute atomic E-state index is 14.2. The van der Waals surface area contributed by atoms with Gasteiger partial charge in [0.25, 0.3) is 5.91 Å². The zero-order chi connectivity index (χ0) is 18.4. The summed E-state index contributed by atoms with van der Waals surface area (Å²) in [5.41, 5.74) is -0.159. The molecule has 3 rings (SSSR count). The fourth-order valence-electron chi connectivity index (χ4n) is 3.15. The monoisotopic (exact) mass is 348 g/mol. The van der Waals surface area contributed by atoms with Crippen molar-refractivity contribution in [3.05, 3.63) is 29.6 Å². The van der Waals surface area contributed by atoms with Crippen LogP contribution in [0, 0.1) is 5.82 Å². The van der Waals surface area contributed by atoms with Gasteiger partial charge in [-0.3, -0.25) is 4.79 Å². The van der Waals surface area contributed by atoms with Crippen LogP contribution in [0.15, 0.2) is 18.2 Å². The molecule has 0 saturated carbocycles. The van der Waals surface area contributed by atoms with Crippen LogP contribution in [-0.4, -0.2) is 54.8 Å². The molecule has 7 heteroatoms. The smallest absolute Gasteiger partial charge is 0.399 e. The summed E-state index contributed by atoms with van der Waals surface area (Å²) in [6.07, 6.45) is 0. The molecule has 2 heterocycles. The summed E-state index contributed by atoms with van der Waals surface area (Å²) in [4.78, 5) is 14.5. The van der Waals surface area contributed by atoms with Crippen LogP contribution < -0.4 is 10.8 Å². The zero-order valence-electron chi connectivity index (χ0n) is 15.6. The Bertz CT molecular complexity index is 664. The highest BCUT2D eigenvalue weighted by Gasteiger charge is 2.51. The number of carbonyl (C=O) groups excluding carboxylic acids is 1. The van der Waals surface area contributed by atoms with Crippen molar-refractivity contribution in [2.45, 2.75) is 51.9 Å². The van der Waals surface area contributed by atoms with Gasteiger partial charge in [-0.2, -0.15) is 0 Å². The Morgan fingerprint density at radius 3 is 2.48 bits per heavy atom. The van der Waals surface area contributed by atoms with E-state index in [1.165, 1.54) is 12.1 Å². The molecule has 2 fully saturated rings.